The Kier molecular flexibility index (Phi) is 6.55. The van der Waals surface area contributed by atoms with Gasteiger partial charge in [0.25, 0.3) is 5.56 Å². The van der Waals surface area contributed by atoms with E-state index >= 15 is 0 Å². The van der Waals surface area contributed by atoms with Crippen LogP contribution >= 0.6 is 11.8 Å². The fraction of sp³-hybridized carbons (Fsp3) is 0.280. The number of carbonyl (C=O) groups is 1. The third-order valence-corrected chi connectivity index (χ3v) is 6.20. The summed E-state index contributed by atoms with van der Waals surface area (Å²) in [4.78, 5) is 34.4. The number of hydrogen-bond acceptors (Lipinski definition) is 5. The van der Waals surface area contributed by atoms with E-state index < -0.39 is 0 Å². The lowest BCUT2D eigenvalue weighted by molar-refractivity contribution is -0.119. The zero-order chi connectivity index (χ0) is 22.7. The first-order valence-electron chi connectivity index (χ1n) is 10.7. The molecule has 164 valence electrons. The lowest BCUT2D eigenvalue weighted by Crippen LogP contribution is -2.29. The Morgan fingerprint density at radius 2 is 1.84 bits per heavy atom. The van der Waals surface area contributed by atoms with Crippen LogP contribution in [0.4, 0.5) is 0 Å². The number of pyridine rings is 1. The van der Waals surface area contributed by atoms with E-state index in [2.05, 4.69) is 39.6 Å². The quantitative estimate of drug-likeness (QED) is 0.332. The van der Waals surface area contributed by atoms with Crippen LogP contribution in [0.3, 0.4) is 0 Å². The normalized spacial score (nSPS) is 12.4. The van der Waals surface area contributed by atoms with Crippen molar-refractivity contribution in [3.05, 3.63) is 76.7 Å². The summed E-state index contributed by atoms with van der Waals surface area (Å²) in [5, 5.41) is 6.38. The van der Waals surface area contributed by atoms with Crippen LogP contribution in [-0.4, -0.2) is 26.2 Å². The van der Waals surface area contributed by atoms with E-state index in [4.69, 9.17) is 0 Å². The zero-order valence-electron chi connectivity index (χ0n) is 18.4. The summed E-state index contributed by atoms with van der Waals surface area (Å²) in [6.45, 7) is 6.60. The van der Waals surface area contributed by atoms with Crippen LogP contribution < -0.4 is 10.9 Å². The highest BCUT2D eigenvalue weighted by molar-refractivity contribution is 7.99. The van der Waals surface area contributed by atoms with Crippen LogP contribution in [0.25, 0.3) is 21.8 Å². The molecule has 0 saturated heterocycles. The highest BCUT2D eigenvalue weighted by atomic mass is 32.2. The molecule has 0 radical (unpaired) electrons. The molecule has 0 aliphatic heterocycles. The molecule has 0 aliphatic rings. The van der Waals surface area contributed by atoms with Crippen molar-refractivity contribution in [3.63, 3.8) is 0 Å². The van der Waals surface area contributed by atoms with E-state index in [0.717, 1.165) is 10.9 Å². The number of hydrogen-bond donors (Lipinski definition) is 1. The predicted molar refractivity (Wildman–Crippen MR) is 130 cm³/mol. The van der Waals surface area contributed by atoms with Gasteiger partial charge in [-0.2, -0.15) is 0 Å². The van der Waals surface area contributed by atoms with Gasteiger partial charge in [-0.15, -0.1) is 0 Å². The van der Waals surface area contributed by atoms with Gasteiger partial charge < -0.3 is 5.32 Å². The van der Waals surface area contributed by atoms with Crippen LogP contribution in [0, 0.1) is 5.92 Å². The van der Waals surface area contributed by atoms with Gasteiger partial charge in [-0.05, 0) is 47.4 Å². The number of carbonyl (C=O) groups excluding carboxylic acids is 1. The van der Waals surface area contributed by atoms with Gasteiger partial charge in [0.15, 0.2) is 10.8 Å². The number of nitrogens with zero attached hydrogens (tertiary/aromatic N) is 3. The molecule has 0 saturated carbocycles. The third kappa shape index (κ3) is 4.83. The van der Waals surface area contributed by atoms with Crippen LogP contribution in [0.5, 0.6) is 0 Å². The van der Waals surface area contributed by atoms with E-state index in [1.807, 2.05) is 39.0 Å². The van der Waals surface area contributed by atoms with E-state index in [0.29, 0.717) is 22.7 Å². The Morgan fingerprint density at radius 3 is 2.62 bits per heavy atom. The molecule has 1 amide bonds. The van der Waals surface area contributed by atoms with E-state index in [9.17, 15) is 9.59 Å². The molecule has 0 spiro atoms. The fourth-order valence-electron chi connectivity index (χ4n) is 3.65. The van der Waals surface area contributed by atoms with Gasteiger partial charge in [-0.1, -0.05) is 62.0 Å². The second-order valence-corrected chi connectivity index (χ2v) is 9.21. The molecule has 6 nitrogen and oxygen atoms in total. The number of aromatic nitrogens is 3. The summed E-state index contributed by atoms with van der Waals surface area (Å²) in [6.07, 6.45) is 1.62. The minimum Gasteiger partial charge on any atom is -0.349 e. The molecule has 2 aromatic carbocycles. The second-order valence-electron chi connectivity index (χ2n) is 8.26. The van der Waals surface area contributed by atoms with Crippen LogP contribution in [0.1, 0.15) is 32.4 Å². The van der Waals surface area contributed by atoms with Gasteiger partial charge in [0, 0.05) is 12.7 Å². The van der Waals surface area contributed by atoms with Crippen molar-refractivity contribution in [2.75, 3.05) is 5.75 Å². The molecule has 0 fully saturated rings. The minimum absolute atomic E-state index is 0.109. The molecular formula is C25H26N4O2S. The van der Waals surface area contributed by atoms with Crippen molar-refractivity contribution in [1.82, 2.24) is 19.9 Å². The van der Waals surface area contributed by atoms with Gasteiger partial charge in [-0.25, -0.2) is 9.97 Å². The summed E-state index contributed by atoms with van der Waals surface area (Å²) in [7, 11) is 0. The summed E-state index contributed by atoms with van der Waals surface area (Å²) in [6, 6.07) is 17.7. The number of fused-ring (bicyclic) bond motifs is 2. The van der Waals surface area contributed by atoms with Gasteiger partial charge in [-0.3, -0.25) is 14.2 Å². The number of benzene rings is 2. The number of rotatable bonds is 7. The maximum absolute atomic E-state index is 13.0. The first kappa shape index (κ1) is 22.0. The molecule has 32 heavy (non-hydrogen) atoms. The Bertz CT molecular complexity index is 1330. The number of amides is 1. The molecule has 2 aromatic heterocycles. The molecule has 1 atom stereocenters. The van der Waals surface area contributed by atoms with E-state index in [1.54, 1.807) is 22.9 Å². The standard InChI is InChI=1S/C25H26N4O2S/c1-16(2)14-29-24(31)21-9-6-12-26-23(21)28-25(29)32-15-22(30)27-17(3)19-11-10-18-7-4-5-8-20(18)13-19/h4-13,16-17H,14-15H2,1-3H3,(H,27,30). The van der Waals surface area contributed by atoms with Crippen molar-refractivity contribution >= 4 is 39.5 Å². The largest absolute Gasteiger partial charge is 0.349 e. The number of nitrogens with one attached hydrogen (secondary N) is 1. The monoisotopic (exact) mass is 446 g/mol. The molecule has 1 unspecified atom stereocenters. The van der Waals surface area contributed by atoms with Gasteiger partial charge in [0.05, 0.1) is 17.2 Å². The fourth-order valence-corrected chi connectivity index (χ4v) is 4.45. The lowest BCUT2D eigenvalue weighted by atomic mass is 10.0. The highest BCUT2D eigenvalue weighted by Gasteiger charge is 2.16. The summed E-state index contributed by atoms with van der Waals surface area (Å²) in [5.41, 5.74) is 1.33. The Labute approximate surface area is 191 Å². The number of thioether (sulfide) groups is 1. The average molecular weight is 447 g/mol. The molecule has 1 N–H and O–H groups in total. The van der Waals surface area contributed by atoms with Crippen molar-refractivity contribution in [1.29, 1.82) is 0 Å². The first-order valence-corrected chi connectivity index (χ1v) is 11.7. The molecule has 4 rings (SSSR count). The second kappa shape index (κ2) is 9.53. The summed E-state index contributed by atoms with van der Waals surface area (Å²) in [5.74, 6) is 0.327. The molecule has 0 aliphatic carbocycles. The highest BCUT2D eigenvalue weighted by Crippen LogP contribution is 2.21. The molecular weight excluding hydrogens is 420 g/mol. The average Bonchev–Trinajstić information content (AvgIpc) is 2.79. The Morgan fingerprint density at radius 1 is 1.06 bits per heavy atom. The SMILES string of the molecule is CC(C)Cn1c(SCC(=O)NC(C)c2ccc3ccccc3c2)nc2ncccc2c1=O. The van der Waals surface area contributed by atoms with Gasteiger partial charge in [0.2, 0.25) is 5.91 Å². The maximum Gasteiger partial charge on any atom is 0.263 e. The lowest BCUT2D eigenvalue weighted by Gasteiger charge is -2.16. The van der Waals surface area contributed by atoms with Gasteiger partial charge >= 0.3 is 0 Å². The van der Waals surface area contributed by atoms with E-state index in [-0.39, 0.29) is 29.2 Å². The maximum atomic E-state index is 13.0. The van der Waals surface area contributed by atoms with Crippen LogP contribution in [-0.2, 0) is 11.3 Å². The third-order valence-electron chi connectivity index (χ3n) is 5.23. The molecule has 7 heteroatoms. The van der Waals surface area contributed by atoms with Crippen molar-refractivity contribution in [2.45, 2.75) is 38.5 Å². The zero-order valence-corrected chi connectivity index (χ0v) is 19.2. The molecule has 4 aromatic rings. The first-order chi connectivity index (χ1) is 15.4. The summed E-state index contributed by atoms with van der Waals surface area (Å²) >= 11 is 1.27. The minimum atomic E-state index is -0.128. The van der Waals surface area contributed by atoms with Gasteiger partial charge in [0.1, 0.15) is 0 Å². The van der Waals surface area contributed by atoms with E-state index in [1.165, 1.54) is 17.1 Å². The van der Waals surface area contributed by atoms with Crippen LogP contribution in [0.2, 0.25) is 0 Å². The smallest absolute Gasteiger partial charge is 0.263 e. The summed E-state index contributed by atoms with van der Waals surface area (Å²) < 4.78 is 1.65. The van der Waals surface area contributed by atoms with Crippen molar-refractivity contribution < 1.29 is 4.79 Å². The predicted octanol–water partition coefficient (Wildman–Crippen LogP) is 4.57. The van der Waals surface area contributed by atoms with Crippen LogP contribution in [0.15, 0.2) is 70.7 Å². The molecule has 2 heterocycles. The Hall–Kier alpha value is -3.19. The van der Waals surface area contributed by atoms with Crippen molar-refractivity contribution in [2.24, 2.45) is 5.92 Å². The Balaban J connectivity index is 1.49. The topological polar surface area (TPSA) is 76.9 Å². The van der Waals surface area contributed by atoms with Crippen molar-refractivity contribution in [3.8, 4) is 0 Å². The molecule has 0 bridgehead atoms.